The number of nitrogens with two attached hydrogens (primary N) is 1. The third-order valence-electron chi connectivity index (χ3n) is 3.53. The molecule has 0 aliphatic carbocycles. The van der Waals surface area contributed by atoms with E-state index in [0.29, 0.717) is 16.9 Å². The van der Waals surface area contributed by atoms with Crippen molar-refractivity contribution in [3.05, 3.63) is 11.3 Å². The normalized spacial score (nSPS) is 21.1. The van der Waals surface area contributed by atoms with E-state index in [9.17, 15) is 0 Å². The van der Waals surface area contributed by atoms with Crippen LogP contribution in [-0.2, 0) is 0 Å². The molecule has 2 heterocycles. The molecule has 6 heteroatoms. The van der Waals surface area contributed by atoms with E-state index in [1.54, 1.807) is 0 Å². The van der Waals surface area contributed by atoms with Crippen molar-refractivity contribution >= 4 is 23.2 Å². The topological polar surface area (TPSA) is 58.3 Å². The van der Waals surface area contributed by atoms with Gasteiger partial charge in [-0.15, -0.1) is 0 Å². The summed E-state index contributed by atoms with van der Waals surface area (Å²) in [6.45, 7) is 1.93. The second-order valence-electron chi connectivity index (χ2n) is 4.93. The summed E-state index contributed by atoms with van der Waals surface area (Å²) < 4.78 is 0. The summed E-state index contributed by atoms with van der Waals surface area (Å²) in [7, 11) is 4.27. The Kier molecular flexibility index (Phi) is 4.24. The van der Waals surface area contributed by atoms with Crippen LogP contribution in [0.2, 0.25) is 5.02 Å². The Morgan fingerprint density at radius 2 is 2.11 bits per heavy atom. The van der Waals surface area contributed by atoms with Gasteiger partial charge in [0.25, 0.3) is 0 Å². The smallest absolute Gasteiger partial charge is 0.153 e. The fraction of sp³-hybridized carbons (Fsp3) is 0.667. The van der Waals surface area contributed by atoms with Crippen molar-refractivity contribution in [1.29, 1.82) is 0 Å². The van der Waals surface area contributed by atoms with Gasteiger partial charge in [0, 0.05) is 19.1 Å². The molecule has 2 rings (SSSR count). The lowest BCUT2D eigenvalue weighted by Crippen LogP contribution is -2.30. The second kappa shape index (κ2) is 5.71. The highest BCUT2D eigenvalue weighted by Crippen LogP contribution is 2.29. The Hall–Kier alpha value is -1.07. The van der Waals surface area contributed by atoms with Gasteiger partial charge in [0.1, 0.15) is 17.2 Å². The number of hydrogen-bond donors (Lipinski definition) is 1. The van der Waals surface area contributed by atoms with Crippen LogP contribution in [0.15, 0.2) is 6.33 Å². The number of anilines is 2. The largest absolute Gasteiger partial charge is 0.382 e. The Morgan fingerprint density at radius 3 is 2.83 bits per heavy atom. The minimum atomic E-state index is 0.357. The first kappa shape index (κ1) is 13.4. The van der Waals surface area contributed by atoms with Crippen LogP contribution >= 0.6 is 11.6 Å². The fourth-order valence-electron chi connectivity index (χ4n) is 2.40. The van der Waals surface area contributed by atoms with Crippen LogP contribution in [0.25, 0.3) is 0 Å². The first-order valence-corrected chi connectivity index (χ1v) is 6.64. The van der Waals surface area contributed by atoms with Crippen LogP contribution in [0.5, 0.6) is 0 Å². The molecule has 0 radical (unpaired) electrons. The molecule has 0 aromatic carbocycles. The maximum atomic E-state index is 6.18. The predicted molar refractivity (Wildman–Crippen MR) is 75.0 cm³/mol. The number of nitrogens with zero attached hydrogens (tertiary/aromatic N) is 4. The van der Waals surface area contributed by atoms with E-state index < -0.39 is 0 Å². The summed E-state index contributed by atoms with van der Waals surface area (Å²) in [6, 6.07) is 0.632. The summed E-state index contributed by atoms with van der Waals surface area (Å²) in [5.74, 6) is 1.12. The molecule has 1 aliphatic heterocycles. The van der Waals surface area contributed by atoms with Crippen LogP contribution in [0, 0.1) is 0 Å². The van der Waals surface area contributed by atoms with Gasteiger partial charge in [0.05, 0.1) is 0 Å². The molecule has 5 nitrogen and oxygen atoms in total. The monoisotopic (exact) mass is 269 g/mol. The standard InChI is InChI=1S/C12H20ClN5/c1-17(2)9-4-3-6-18(7-5-9)12-10(13)11(14)15-8-16-12/h8-9H,3-7H2,1-2H3,(H2,14,15,16)/t9-/m1/s1. The molecule has 1 fully saturated rings. The first-order valence-electron chi connectivity index (χ1n) is 6.27. The lowest BCUT2D eigenvalue weighted by Gasteiger charge is -2.24. The third kappa shape index (κ3) is 2.84. The van der Waals surface area contributed by atoms with E-state index >= 15 is 0 Å². The lowest BCUT2D eigenvalue weighted by atomic mass is 10.1. The molecule has 18 heavy (non-hydrogen) atoms. The maximum absolute atomic E-state index is 6.18. The average molecular weight is 270 g/mol. The van der Waals surface area contributed by atoms with Crippen LogP contribution < -0.4 is 10.6 Å². The van der Waals surface area contributed by atoms with Gasteiger partial charge >= 0.3 is 0 Å². The molecule has 0 bridgehead atoms. The Balaban J connectivity index is 2.12. The molecule has 1 aromatic heterocycles. The zero-order chi connectivity index (χ0) is 13.1. The van der Waals surface area contributed by atoms with E-state index in [-0.39, 0.29) is 0 Å². The van der Waals surface area contributed by atoms with Gasteiger partial charge in [-0.1, -0.05) is 11.6 Å². The number of aromatic nitrogens is 2. The van der Waals surface area contributed by atoms with E-state index in [0.717, 1.165) is 31.7 Å². The summed E-state index contributed by atoms with van der Waals surface area (Å²) in [4.78, 5) is 12.7. The Morgan fingerprint density at radius 1 is 1.33 bits per heavy atom. The molecule has 2 N–H and O–H groups in total. The molecular weight excluding hydrogens is 250 g/mol. The highest BCUT2D eigenvalue weighted by molar-refractivity contribution is 6.35. The fourth-order valence-corrected chi connectivity index (χ4v) is 2.62. The van der Waals surface area contributed by atoms with E-state index in [2.05, 4.69) is 33.9 Å². The van der Waals surface area contributed by atoms with Crippen LogP contribution in [0.4, 0.5) is 11.6 Å². The van der Waals surface area contributed by atoms with Gasteiger partial charge in [-0.3, -0.25) is 0 Å². The van der Waals surface area contributed by atoms with E-state index in [4.69, 9.17) is 17.3 Å². The second-order valence-corrected chi connectivity index (χ2v) is 5.31. The molecular formula is C12H20ClN5. The summed E-state index contributed by atoms with van der Waals surface area (Å²) in [5.41, 5.74) is 5.72. The zero-order valence-corrected chi connectivity index (χ0v) is 11.7. The lowest BCUT2D eigenvalue weighted by molar-refractivity contribution is 0.272. The van der Waals surface area contributed by atoms with Crippen LogP contribution in [-0.4, -0.2) is 48.1 Å². The summed E-state index contributed by atoms with van der Waals surface area (Å²) in [5, 5.41) is 0.473. The van der Waals surface area contributed by atoms with Gasteiger partial charge in [-0.05, 0) is 33.4 Å². The molecule has 1 aliphatic rings. The number of rotatable bonds is 2. The Labute approximate surface area is 113 Å². The van der Waals surface area contributed by atoms with Gasteiger partial charge < -0.3 is 15.5 Å². The number of halogens is 1. The van der Waals surface area contributed by atoms with Crippen molar-refractivity contribution in [2.24, 2.45) is 0 Å². The minimum Gasteiger partial charge on any atom is -0.382 e. The number of hydrogen-bond acceptors (Lipinski definition) is 5. The molecule has 0 spiro atoms. The van der Waals surface area contributed by atoms with Crippen molar-refractivity contribution in [3.8, 4) is 0 Å². The molecule has 100 valence electrons. The highest BCUT2D eigenvalue weighted by atomic mass is 35.5. The molecule has 0 amide bonds. The third-order valence-corrected chi connectivity index (χ3v) is 3.89. The average Bonchev–Trinajstić information content (AvgIpc) is 2.58. The van der Waals surface area contributed by atoms with Crippen molar-refractivity contribution < 1.29 is 0 Å². The quantitative estimate of drug-likeness (QED) is 0.884. The Bertz CT molecular complexity index is 409. The molecule has 1 saturated heterocycles. The first-order chi connectivity index (χ1) is 8.59. The maximum Gasteiger partial charge on any atom is 0.153 e. The van der Waals surface area contributed by atoms with Crippen LogP contribution in [0.3, 0.4) is 0 Å². The summed E-state index contributed by atoms with van der Waals surface area (Å²) in [6.07, 6.45) is 4.95. The number of nitrogen functional groups attached to an aromatic ring is 1. The highest BCUT2D eigenvalue weighted by Gasteiger charge is 2.21. The van der Waals surface area contributed by atoms with Gasteiger partial charge in [0.15, 0.2) is 5.82 Å². The van der Waals surface area contributed by atoms with Crippen molar-refractivity contribution in [2.45, 2.75) is 25.3 Å². The van der Waals surface area contributed by atoms with E-state index in [1.165, 1.54) is 12.7 Å². The van der Waals surface area contributed by atoms with Crippen molar-refractivity contribution in [2.75, 3.05) is 37.8 Å². The van der Waals surface area contributed by atoms with Crippen LogP contribution in [0.1, 0.15) is 19.3 Å². The van der Waals surface area contributed by atoms with Gasteiger partial charge in [0.2, 0.25) is 0 Å². The van der Waals surface area contributed by atoms with Crippen molar-refractivity contribution in [1.82, 2.24) is 14.9 Å². The minimum absolute atomic E-state index is 0.357. The summed E-state index contributed by atoms with van der Waals surface area (Å²) >= 11 is 6.18. The SMILES string of the molecule is CN(C)[C@@H]1CCCN(c2ncnc(N)c2Cl)CC1. The molecule has 0 saturated carbocycles. The zero-order valence-electron chi connectivity index (χ0n) is 10.9. The van der Waals surface area contributed by atoms with Gasteiger partial charge in [-0.25, -0.2) is 9.97 Å². The van der Waals surface area contributed by atoms with Crippen molar-refractivity contribution in [3.63, 3.8) is 0 Å². The molecule has 1 aromatic rings. The predicted octanol–water partition coefficient (Wildman–Crippen LogP) is 1.63. The van der Waals surface area contributed by atoms with Gasteiger partial charge in [-0.2, -0.15) is 0 Å². The van der Waals surface area contributed by atoms with E-state index in [1.807, 2.05) is 0 Å². The molecule has 0 unspecified atom stereocenters. The molecule has 1 atom stereocenters.